The highest BCUT2D eigenvalue weighted by atomic mass is 127. The Hall–Kier alpha value is -4.02. The van der Waals surface area contributed by atoms with E-state index in [1.165, 1.54) is 13.3 Å². The van der Waals surface area contributed by atoms with E-state index in [1.807, 2.05) is 12.1 Å². The summed E-state index contributed by atoms with van der Waals surface area (Å²) >= 11 is 2.07. The molecule has 4 aromatic carbocycles. The number of hydrogen-bond donors (Lipinski definition) is 2. The number of nitrogens with one attached hydrogen (secondary N) is 1. The first kappa shape index (κ1) is 26.1. The van der Waals surface area contributed by atoms with Gasteiger partial charge in [0.1, 0.15) is 0 Å². The number of benzene rings is 4. The van der Waals surface area contributed by atoms with Crippen LogP contribution in [0.1, 0.15) is 27.0 Å². The van der Waals surface area contributed by atoms with Gasteiger partial charge in [-0.25, -0.2) is 10.2 Å². The molecule has 7 nitrogen and oxygen atoms in total. The molecule has 0 radical (unpaired) electrons. The second-order valence-electron chi connectivity index (χ2n) is 7.92. The molecule has 4 rings (SSSR count). The van der Waals surface area contributed by atoms with Crippen LogP contribution in [0.5, 0.6) is 11.5 Å². The van der Waals surface area contributed by atoms with Crippen LogP contribution < -0.4 is 14.9 Å². The zero-order chi connectivity index (χ0) is 26.3. The zero-order valence-electron chi connectivity index (χ0n) is 19.8. The highest BCUT2D eigenvalue weighted by Gasteiger charge is 2.39. The Morgan fingerprint density at radius 3 is 2.05 bits per heavy atom. The lowest BCUT2D eigenvalue weighted by molar-refractivity contribution is -0.136. The summed E-state index contributed by atoms with van der Waals surface area (Å²) in [5, 5.41) is 15.5. The Morgan fingerprint density at radius 2 is 1.46 bits per heavy atom. The predicted octanol–water partition coefficient (Wildman–Crippen LogP) is 4.91. The van der Waals surface area contributed by atoms with Crippen LogP contribution in [0.2, 0.25) is 0 Å². The van der Waals surface area contributed by atoms with Gasteiger partial charge in [0, 0.05) is 3.57 Å². The molecule has 2 N–H and O–H groups in total. The number of rotatable bonds is 8. The standard InChI is InChI=1S/C29H23IN2O5/c1-36-26-18-20(16-17-25(26)37-27(33)23-14-8-9-15-24(23)30)19-31-32-28(34)29(35,21-10-4-2-5-11-21)22-12-6-3-7-13-22/h2-19,35H,1H3,(H,32,34)/b31-19+. The highest BCUT2D eigenvalue weighted by Crippen LogP contribution is 2.31. The van der Waals surface area contributed by atoms with Crippen LogP contribution in [-0.2, 0) is 10.4 Å². The van der Waals surface area contributed by atoms with Gasteiger partial charge in [-0.05, 0) is 69.6 Å². The molecule has 4 aromatic rings. The Bertz CT molecular complexity index is 1390. The number of esters is 1. The molecule has 0 saturated heterocycles. The van der Waals surface area contributed by atoms with E-state index in [0.29, 0.717) is 28.0 Å². The molecule has 0 aliphatic carbocycles. The van der Waals surface area contributed by atoms with Crippen molar-refractivity contribution in [3.63, 3.8) is 0 Å². The van der Waals surface area contributed by atoms with Crippen molar-refractivity contribution in [3.8, 4) is 11.5 Å². The Labute approximate surface area is 227 Å². The van der Waals surface area contributed by atoms with Crippen molar-refractivity contribution >= 4 is 40.7 Å². The zero-order valence-corrected chi connectivity index (χ0v) is 22.0. The van der Waals surface area contributed by atoms with Gasteiger partial charge in [-0.1, -0.05) is 72.8 Å². The third kappa shape index (κ3) is 5.87. The maximum absolute atomic E-state index is 13.2. The number of ether oxygens (including phenoxy) is 2. The molecular formula is C29H23IN2O5. The fourth-order valence-electron chi connectivity index (χ4n) is 3.66. The Morgan fingerprint density at radius 1 is 0.865 bits per heavy atom. The van der Waals surface area contributed by atoms with Gasteiger partial charge in [-0.3, -0.25) is 4.79 Å². The molecule has 0 spiro atoms. The number of halogens is 1. The molecule has 37 heavy (non-hydrogen) atoms. The molecule has 0 aliphatic heterocycles. The minimum absolute atomic E-state index is 0.246. The Kier molecular flexibility index (Phi) is 8.32. The van der Waals surface area contributed by atoms with E-state index >= 15 is 0 Å². The number of aliphatic hydroxyl groups is 1. The van der Waals surface area contributed by atoms with Crippen molar-refractivity contribution < 1.29 is 24.2 Å². The van der Waals surface area contributed by atoms with Crippen LogP contribution >= 0.6 is 22.6 Å². The summed E-state index contributed by atoms with van der Waals surface area (Å²) in [5.41, 5.74) is 2.34. The van der Waals surface area contributed by atoms with Crippen LogP contribution in [0.3, 0.4) is 0 Å². The van der Waals surface area contributed by atoms with E-state index in [2.05, 4.69) is 33.1 Å². The summed E-state index contributed by atoms with van der Waals surface area (Å²) in [7, 11) is 1.46. The van der Waals surface area contributed by atoms with Crippen molar-refractivity contribution in [2.75, 3.05) is 7.11 Å². The SMILES string of the molecule is COc1cc(/C=N/NC(=O)C(O)(c2ccccc2)c2ccccc2)ccc1OC(=O)c1ccccc1I. The third-order valence-electron chi connectivity index (χ3n) is 5.58. The smallest absolute Gasteiger partial charge is 0.344 e. The minimum atomic E-state index is -1.94. The van der Waals surface area contributed by atoms with Gasteiger partial charge >= 0.3 is 5.97 Å². The van der Waals surface area contributed by atoms with E-state index in [4.69, 9.17) is 9.47 Å². The maximum atomic E-state index is 13.2. The molecule has 8 heteroatoms. The molecular weight excluding hydrogens is 583 g/mol. The number of amides is 1. The van der Waals surface area contributed by atoms with E-state index in [-0.39, 0.29) is 5.75 Å². The summed E-state index contributed by atoms with van der Waals surface area (Å²) in [5.74, 6) is -0.648. The molecule has 0 atom stereocenters. The van der Waals surface area contributed by atoms with Crippen molar-refractivity contribution in [3.05, 3.63) is 129 Å². The number of carbonyl (C=O) groups is 2. The lowest BCUT2D eigenvalue weighted by Gasteiger charge is -2.27. The van der Waals surface area contributed by atoms with Gasteiger partial charge in [0.15, 0.2) is 17.1 Å². The van der Waals surface area contributed by atoms with Crippen molar-refractivity contribution in [2.24, 2.45) is 5.10 Å². The number of hydrazone groups is 1. The number of carbonyl (C=O) groups excluding carboxylic acids is 2. The number of methoxy groups -OCH3 is 1. The van der Waals surface area contributed by atoms with Gasteiger partial charge in [-0.2, -0.15) is 5.10 Å². The van der Waals surface area contributed by atoms with Gasteiger partial charge in [0.05, 0.1) is 18.9 Å². The quantitative estimate of drug-likeness (QED) is 0.0978. The fourth-order valence-corrected chi connectivity index (χ4v) is 4.27. The molecule has 0 aliphatic rings. The molecule has 186 valence electrons. The van der Waals surface area contributed by atoms with E-state index in [1.54, 1.807) is 91.0 Å². The summed E-state index contributed by atoms with van der Waals surface area (Å²) in [4.78, 5) is 25.7. The van der Waals surface area contributed by atoms with Crippen molar-refractivity contribution in [2.45, 2.75) is 5.60 Å². The Balaban J connectivity index is 1.51. The van der Waals surface area contributed by atoms with Gasteiger partial charge in [0.2, 0.25) is 0 Å². The maximum Gasteiger partial charge on any atom is 0.344 e. The van der Waals surface area contributed by atoms with Crippen LogP contribution in [0.25, 0.3) is 0 Å². The normalized spacial score (nSPS) is 11.2. The average molecular weight is 606 g/mol. The number of hydrogen-bond acceptors (Lipinski definition) is 6. The third-order valence-corrected chi connectivity index (χ3v) is 6.52. The highest BCUT2D eigenvalue weighted by molar-refractivity contribution is 14.1. The van der Waals surface area contributed by atoms with Crippen LogP contribution in [0.4, 0.5) is 0 Å². The monoisotopic (exact) mass is 606 g/mol. The van der Waals surface area contributed by atoms with Gasteiger partial charge in [-0.15, -0.1) is 0 Å². The lowest BCUT2D eigenvalue weighted by Crippen LogP contribution is -2.43. The van der Waals surface area contributed by atoms with Gasteiger partial charge in [0.25, 0.3) is 5.91 Å². The van der Waals surface area contributed by atoms with Crippen LogP contribution in [-0.4, -0.2) is 30.3 Å². The summed E-state index contributed by atoms with van der Waals surface area (Å²) in [6.45, 7) is 0. The first-order chi connectivity index (χ1) is 17.9. The summed E-state index contributed by atoms with van der Waals surface area (Å²) in [6.07, 6.45) is 1.41. The molecule has 1 amide bonds. The number of nitrogens with zero attached hydrogens (tertiary/aromatic N) is 1. The summed E-state index contributed by atoms with van der Waals surface area (Å²) in [6, 6.07) is 29.3. The van der Waals surface area contributed by atoms with Gasteiger partial charge < -0.3 is 14.6 Å². The molecule has 0 fully saturated rings. The second-order valence-corrected chi connectivity index (χ2v) is 9.08. The molecule has 0 aromatic heterocycles. The van der Waals surface area contributed by atoms with E-state index in [9.17, 15) is 14.7 Å². The minimum Gasteiger partial charge on any atom is -0.493 e. The van der Waals surface area contributed by atoms with Crippen LogP contribution in [0, 0.1) is 3.57 Å². The predicted molar refractivity (Wildman–Crippen MR) is 149 cm³/mol. The molecule has 0 bridgehead atoms. The average Bonchev–Trinajstić information content (AvgIpc) is 2.94. The largest absolute Gasteiger partial charge is 0.493 e. The van der Waals surface area contributed by atoms with E-state index < -0.39 is 17.5 Å². The second kappa shape index (κ2) is 11.8. The molecule has 0 saturated carbocycles. The first-order valence-electron chi connectivity index (χ1n) is 11.2. The van der Waals surface area contributed by atoms with Crippen LogP contribution in [0.15, 0.2) is 108 Å². The first-order valence-corrected chi connectivity index (χ1v) is 12.3. The topological polar surface area (TPSA) is 97.2 Å². The van der Waals surface area contributed by atoms with Crippen molar-refractivity contribution in [1.29, 1.82) is 0 Å². The molecule has 0 unspecified atom stereocenters. The lowest BCUT2D eigenvalue weighted by atomic mass is 9.85. The summed E-state index contributed by atoms with van der Waals surface area (Å²) < 4.78 is 11.7. The molecule has 0 heterocycles. The fraction of sp³-hybridized carbons (Fsp3) is 0.0690. The van der Waals surface area contributed by atoms with E-state index in [0.717, 1.165) is 3.57 Å². The van der Waals surface area contributed by atoms with Crippen molar-refractivity contribution in [1.82, 2.24) is 5.43 Å².